The van der Waals surface area contributed by atoms with E-state index in [0.29, 0.717) is 18.7 Å². The largest absolute Gasteiger partial charge is 0.481 e. The van der Waals surface area contributed by atoms with E-state index in [1.807, 2.05) is 25.1 Å². The Hall–Kier alpha value is -1.96. The second-order valence-electron chi connectivity index (χ2n) is 6.62. The van der Waals surface area contributed by atoms with E-state index in [-0.39, 0.29) is 16.9 Å². The molecule has 0 aliphatic heterocycles. The highest BCUT2D eigenvalue weighted by molar-refractivity contribution is 7.89. The lowest BCUT2D eigenvalue weighted by molar-refractivity contribution is 0.0279. The van der Waals surface area contributed by atoms with E-state index in [0.717, 1.165) is 17.5 Å². The van der Waals surface area contributed by atoms with Crippen molar-refractivity contribution in [3.05, 3.63) is 53.7 Å². The van der Waals surface area contributed by atoms with Gasteiger partial charge in [0, 0.05) is 12.3 Å². The van der Waals surface area contributed by atoms with Crippen LogP contribution in [0.4, 0.5) is 0 Å². The Kier molecular flexibility index (Phi) is 5.60. The molecule has 1 aromatic carbocycles. The first-order chi connectivity index (χ1) is 12.4. The van der Waals surface area contributed by atoms with Crippen molar-refractivity contribution in [3.63, 3.8) is 0 Å². The molecule has 7 heteroatoms. The molecule has 0 radical (unpaired) electrons. The number of nitrogens with one attached hydrogen (secondary N) is 1. The molecule has 26 heavy (non-hydrogen) atoms. The maximum Gasteiger partial charge on any atom is 0.241 e. The Morgan fingerprint density at radius 1 is 1.23 bits per heavy atom. The number of aliphatic hydroxyl groups excluding tert-OH is 1. The van der Waals surface area contributed by atoms with Gasteiger partial charge in [0.1, 0.15) is 0 Å². The number of aliphatic hydroxyl groups is 1. The average Bonchev–Trinajstić information content (AvgIpc) is 2.64. The predicted molar refractivity (Wildman–Crippen MR) is 98.4 cm³/mol. The van der Waals surface area contributed by atoms with Crippen molar-refractivity contribution in [2.45, 2.75) is 43.2 Å². The molecule has 6 nitrogen and oxygen atoms in total. The highest BCUT2D eigenvalue weighted by Gasteiger charge is 2.37. The van der Waals surface area contributed by atoms with E-state index in [1.54, 1.807) is 24.4 Å². The molecular weight excluding hydrogens is 352 g/mol. The molecule has 140 valence electrons. The standard InChI is InChI=1S/C19H24N2O4S/c1-3-13-4-7-17(8-5-13)26(23,24)21-19(15-10-16(22)11-15)14-6-9-18(25-2)20-12-14/h4-9,12,15-16,19,21-22H,3,10-11H2,1-2H3/t15?,16?,19-/m1/s1. The molecule has 0 amide bonds. The maximum absolute atomic E-state index is 12.8. The Morgan fingerprint density at radius 2 is 1.92 bits per heavy atom. The number of methoxy groups -OCH3 is 1. The first-order valence-corrected chi connectivity index (χ1v) is 10.2. The topological polar surface area (TPSA) is 88.5 Å². The fraction of sp³-hybridized carbons (Fsp3) is 0.421. The van der Waals surface area contributed by atoms with Crippen molar-refractivity contribution < 1.29 is 18.3 Å². The second kappa shape index (κ2) is 7.73. The number of rotatable bonds is 7. The summed E-state index contributed by atoms with van der Waals surface area (Å²) >= 11 is 0. The van der Waals surface area contributed by atoms with Crippen molar-refractivity contribution in [2.24, 2.45) is 5.92 Å². The van der Waals surface area contributed by atoms with Crippen molar-refractivity contribution in [1.29, 1.82) is 0 Å². The lowest BCUT2D eigenvalue weighted by Gasteiger charge is -2.38. The molecule has 1 atom stereocenters. The third kappa shape index (κ3) is 4.06. The molecule has 1 heterocycles. The van der Waals surface area contributed by atoms with E-state index in [1.165, 1.54) is 7.11 Å². The fourth-order valence-electron chi connectivity index (χ4n) is 3.17. The van der Waals surface area contributed by atoms with Crippen LogP contribution in [0.15, 0.2) is 47.5 Å². The first kappa shape index (κ1) is 18.8. The van der Waals surface area contributed by atoms with Gasteiger partial charge >= 0.3 is 0 Å². The second-order valence-corrected chi connectivity index (χ2v) is 8.33. The summed E-state index contributed by atoms with van der Waals surface area (Å²) in [6.07, 6.45) is 3.23. The monoisotopic (exact) mass is 376 g/mol. The number of hydrogen-bond donors (Lipinski definition) is 2. The minimum Gasteiger partial charge on any atom is -0.481 e. The van der Waals surface area contributed by atoms with Crippen molar-refractivity contribution in [3.8, 4) is 5.88 Å². The number of hydrogen-bond acceptors (Lipinski definition) is 5. The van der Waals surface area contributed by atoms with E-state index in [9.17, 15) is 13.5 Å². The summed E-state index contributed by atoms with van der Waals surface area (Å²) in [4.78, 5) is 4.42. The van der Waals surface area contributed by atoms with Gasteiger partial charge < -0.3 is 9.84 Å². The van der Waals surface area contributed by atoms with E-state index < -0.39 is 16.1 Å². The van der Waals surface area contributed by atoms with Gasteiger partial charge in [-0.05, 0) is 48.4 Å². The lowest BCUT2D eigenvalue weighted by atomic mass is 9.76. The summed E-state index contributed by atoms with van der Waals surface area (Å²) in [5.74, 6) is 0.504. The van der Waals surface area contributed by atoms with Gasteiger partial charge in [-0.2, -0.15) is 0 Å². The van der Waals surface area contributed by atoms with Crippen molar-refractivity contribution >= 4 is 10.0 Å². The summed E-state index contributed by atoms with van der Waals surface area (Å²) in [5.41, 5.74) is 1.85. The van der Waals surface area contributed by atoms with Crippen molar-refractivity contribution in [2.75, 3.05) is 7.11 Å². The minimum atomic E-state index is -3.68. The molecule has 2 N–H and O–H groups in total. The molecule has 0 bridgehead atoms. The van der Waals surface area contributed by atoms with Gasteiger partial charge in [-0.1, -0.05) is 25.1 Å². The summed E-state index contributed by atoms with van der Waals surface area (Å²) < 4.78 is 33.6. The molecule has 1 fully saturated rings. The van der Waals surface area contributed by atoms with Crippen LogP contribution in [-0.4, -0.2) is 31.7 Å². The van der Waals surface area contributed by atoms with Gasteiger partial charge in [-0.25, -0.2) is 18.1 Å². The maximum atomic E-state index is 12.8. The zero-order valence-electron chi connectivity index (χ0n) is 14.9. The number of ether oxygens (including phenoxy) is 1. The van der Waals surface area contributed by atoms with Gasteiger partial charge in [0.15, 0.2) is 0 Å². The first-order valence-electron chi connectivity index (χ1n) is 8.72. The van der Waals surface area contributed by atoms with Crippen molar-refractivity contribution in [1.82, 2.24) is 9.71 Å². The van der Waals surface area contributed by atoms with Crippen LogP contribution >= 0.6 is 0 Å². The molecule has 1 saturated carbocycles. The fourth-order valence-corrected chi connectivity index (χ4v) is 4.47. The SMILES string of the molecule is CCc1ccc(S(=O)(=O)N[C@H](c2ccc(OC)nc2)C2CC(O)C2)cc1. The molecule has 1 aliphatic rings. The number of aryl methyl sites for hydroxylation is 1. The van der Waals surface area contributed by atoms with E-state index in [2.05, 4.69) is 9.71 Å². The van der Waals surface area contributed by atoms with Gasteiger partial charge in [0.2, 0.25) is 15.9 Å². The Balaban J connectivity index is 1.86. The van der Waals surface area contributed by atoms with E-state index >= 15 is 0 Å². The smallest absolute Gasteiger partial charge is 0.241 e. The molecule has 1 aliphatic carbocycles. The van der Waals surface area contributed by atoms with Crippen LogP contribution in [0.25, 0.3) is 0 Å². The Bertz CT molecular complexity index is 829. The van der Waals surface area contributed by atoms with Crippen LogP contribution in [0.5, 0.6) is 5.88 Å². The number of nitrogens with zero attached hydrogens (tertiary/aromatic N) is 1. The van der Waals surface area contributed by atoms with Crippen LogP contribution in [-0.2, 0) is 16.4 Å². The summed E-state index contributed by atoms with van der Waals surface area (Å²) in [6.45, 7) is 2.02. The third-order valence-corrected chi connectivity index (χ3v) is 6.33. The van der Waals surface area contributed by atoms with Crippen LogP contribution in [0.1, 0.15) is 36.9 Å². The van der Waals surface area contributed by atoms with Crippen LogP contribution in [0.2, 0.25) is 0 Å². The highest BCUT2D eigenvalue weighted by atomic mass is 32.2. The average molecular weight is 376 g/mol. The predicted octanol–water partition coefficient (Wildman–Crippen LogP) is 2.44. The number of pyridine rings is 1. The highest BCUT2D eigenvalue weighted by Crippen LogP contribution is 2.39. The number of benzene rings is 1. The van der Waals surface area contributed by atoms with Gasteiger partial charge in [-0.3, -0.25) is 0 Å². The molecule has 0 spiro atoms. The van der Waals surface area contributed by atoms with Crippen LogP contribution in [0.3, 0.4) is 0 Å². The van der Waals surface area contributed by atoms with Gasteiger partial charge in [-0.15, -0.1) is 0 Å². The van der Waals surface area contributed by atoms with E-state index in [4.69, 9.17) is 4.74 Å². The number of sulfonamides is 1. The molecule has 1 aromatic heterocycles. The summed E-state index contributed by atoms with van der Waals surface area (Å²) in [5, 5.41) is 9.66. The minimum absolute atomic E-state index is 0.0323. The normalized spacial score (nSPS) is 21.0. The van der Waals surface area contributed by atoms with Crippen LogP contribution in [0, 0.1) is 5.92 Å². The molecule has 3 rings (SSSR count). The van der Waals surface area contributed by atoms with Gasteiger partial charge in [0.25, 0.3) is 0 Å². The molecule has 0 saturated heterocycles. The molecule has 0 unspecified atom stereocenters. The zero-order chi connectivity index (χ0) is 18.7. The van der Waals surface area contributed by atoms with Gasteiger partial charge in [0.05, 0.1) is 24.2 Å². The molecular formula is C19H24N2O4S. The molecule has 2 aromatic rings. The Morgan fingerprint density at radius 3 is 2.42 bits per heavy atom. The van der Waals surface area contributed by atoms with Crippen LogP contribution < -0.4 is 9.46 Å². The zero-order valence-corrected chi connectivity index (χ0v) is 15.7. The number of aromatic nitrogens is 1. The quantitative estimate of drug-likeness (QED) is 0.775. The third-order valence-electron chi connectivity index (χ3n) is 4.87. The summed E-state index contributed by atoms with van der Waals surface area (Å²) in [6, 6.07) is 9.98. The Labute approximate surface area is 154 Å². The summed E-state index contributed by atoms with van der Waals surface area (Å²) in [7, 11) is -2.15. The lowest BCUT2D eigenvalue weighted by Crippen LogP contribution is -2.41.